The quantitative estimate of drug-likeness (QED) is 0.720. The molecule has 1 aromatic heterocycles. The summed E-state index contributed by atoms with van der Waals surface area (Å²) in [4.78, 5) is 18.1. The second-order valence-electron chi connectivity index (χ2n) is 7.67. The zero-order valence-electron chi connectivity index (χ0n) is 16.6. The Hall–Kier alpha value is -2.83. The van der Waals surface area contributed by atoms with Crippen molar-refractivity contribution in [1.29, 1.82) is 0 Å². The highest BCUT2D eigenvalue weighted by molar-refractivity contribution is 6.13. The number of amides is 1. The summed E-state index contributed by atoms with van der Waals surface area (Å²) in [5, 5.41) is 7.82. The van der Waals surface area contributed by atoms with E-state index in [1.165, 1.54) is 0 Å². The van der Waals surface area contributed by atoms with Crippen molar-refractivity contribution in [2.45, 2.75) is 0 Å². The topological polar surface area (TPSA) is 52.5 Å². The molecule has 2 N–H and O–H groups in total. The number of aromatic nitrogens is 1. The Bertz CT molecular complexity index is 1000. The maximum atomic E-state index is 13.8. The lowest BCUT2D eigenvalue weighted by molar-refractivity contribution is 0.0738. The molecule has 1 amide bonds. The summed E-state index contributed by atoms with van der Waals surface area (Å²) < 4.78 is 2.27. The van der Waals surface area contributed by atoms with E-state index in [4.69, 9.17) is 0 Å². The van der Waals surface area contributed by atoms with Crippen LogP contribution >= 0.6 is 0 Å². The number of carbonyl (C=O) groups is 1. The van der Waals surface area contributed by atoms with E-state index in [-0.39, 0.29) is 5.91 Å². The van der Waals surface area contributed by atoms with Crippen LogP contribution in [0, 0.1) is 0 Å². The van der Waals surface area contributed by atoms with Gasteiger partial charge in [0.15, 0.2) is 0 Å². The van der Waals surface area contributed by atoms with E-state index < -0.39 is 0 Å². The van der Waals surface area contributed by atoms with Crippen LogP contribution in [0.1, 0.15) is 10.4 Å². The molecule has 2 saturated heterocycles. The van der Waals surface area contributed by atoms with Gasteiger partial charge in [-0.25, -0.2) is 0 Å². The van der Waals surface area contributed by atoms with Crippen LogP contribution in [0.5, 0.6) is 0 Å². The number of hydrogen-bond donors (Lipinski definition) is 2. The SMILES string of the molecule is O=C(c1c(N2CCNCC2)n(-c2ccccc2)c2ccccc12)N1CCNCC1. The standard InChI is InChI=1S/C23H27N5O/c29-23(27-16-12-25-13-17-27)21-19-8-4-5-9-20(19)28(18-6-2-1-3-7-18)22(21)26-14-10-24-11-15-26/h1-9,24-25H,10-17H2. The number of benzene rings is 2. The molecular weight excluding hydrogens is 362 g/mol. The zero-order chi connectivity index (χ0) is 19.6. The summed E-state index contributed by atoms with van der Waals surface area (Å²) in [6, 6.07) is 18.7. The molecule has 2 aliphatic heterocycles. The van der Waals surface area contributed by atoms with Crippen LogP contribution in [0.2, 0.25) is 0 Å². The molecule has 150 valence electrons. The maximum Gasteiger partial charge on any atom is 0.258 e. The van der Waals surface area contributed by atoms with Gasteiger partial charge < -0.3 is 20.4 Å². The summed E-state index contributed by atoms with van der Waals surface area (Å²) in [6.45, 7) is 6.86. The molecule has 5 rings (SSSR count). The van der Waals surface area contributed by atoms with Crippen LogP contribution in [0.15, 0.2) is 54.6 Å². The summed E-state index contributed by atoms with van der Waals surface area (Å²) in [7, 11) is 0. The molecule has 0 aliphatic carbocycles. The molecule has 2 fully saturated rings. The number of anilines is 1. The Morgan fingerprint density at radius 3 is 2.10 bits per heavy atom. The van der Waals surface area contributed by atoms with Crippen LogP contribution in [-0.2, 0) is 0 Å². The van der Waals surface area contributed by atoms with Crippen molar-refractivity contribution in [1.82, 2.24) is 20.1 Å². The van der Waals surface area contributed by atoms with Gasteiger partial charge in [0.2, 0.25) is 0 Å². The van der Waals surface area contributed by atoms with Crippen molar-refractivity contribution in [3.05, 3.63) is 60.2 Å². The van der Waals surface area contributed by atoms with Gasteiger partial charge in [0.05, 0.1) is 11.1 Å². The fraction of sp³-hybridized carbons (Fsp3) is 0.348. The number of para-hydroxylation sites is 2. The van der Waals surface area contributed by atoms with Gasteiger partial charge in [-0.05, 0) is 18.2 Å². The van der Waals surface area contributed by atoms with E-state index >= 15 is 0 Å². The first-order valence-electron chi connectivity index (χ1n) is 10.5. The average molecular weight is 390 g/mol. The molecule has 2 aliphatic rings. The predicted molar refractivity (Wildman–Crippen MR) is 117 cm³/mol. The summed E-state index contributed by atoms with van der Waals surface area (Å²) in [5.74, 6) is 1.17. The van der Waals surface area contributed by atoms with Gasteiger partial charge in [0.25, 0.3) is 5.91 Å². The molecule has 0 atom stereocenters. The Morgan fingerprint density at radius 1 is 0.759 bits per heavy atom. The summed E-state index contributed by atoms with van der Waals surface area (Å²) >= 11 is 0. The second kappa shape index (κ2) is 7.89. The maximum absolute atomic E-state index is 13.8. The van der Waals surface area contributed by atoms with Gasteiger partial charge in [-0.2, -0.15) is 0 Å². The van der Waals surface area contributed by atoms with E-state index in [0.717, 1.165) is 80.3 Å². The van der Waals surface area contributed by atoms with Crippen LogP contribution < -0.4 is 15.5 Å². The first-order valence-corrected chi connectivity index (χ1v) is 10.5. The number of nitrogens with one attached hydrogen (secondary N) is 2. The van der Waals surface area contributed by atoms with Gasteiger partial charge in [-0.15, -0.1) is 0 Å². The van der Waals surface area contributed by atoms with Crippen molar-refractivity contribution in [3.63, 3.8) is 0 Å². The molecule has 2 aromatic carbocycles. The van der Waals surface area contributed by atoms with E-state index in [1.54, 1.807) is 0 Å². The number of fused-ring (bicyclic) bond motifs is 1. The number of piperazine rings is 2. The van der Waals surface area contributed by atoms with E-state index in [1.807, 2.05) is 17.0 Å². The molecular formula is C23H27N5O. The fourth-order valence-electron chi connectivity index (χ4n) is 4.48. The van der Waals surface area contributed by atoms with Gasteiger partial charge in [0, 0.05) is 63.4 Å². The van der Waals surface area contributed by atoms with Gasteiger partial charge in [-0.1, -0.05) is 36.4 Å². The fourth-order valence-corrected chi connectivity index (χ4v) is 4.48. The minimum Gasteiger partial charge on any atom is -0.354 e. The largest absolute Gasteiger partial charge is 0.354 e. The number of nitrogens with zero attached hydrogens (tertiary/aromatic N) is 3. The highest BCUT2D eigenvalue weighted by atomic mass is 16.2. The van der Waals surface area contributed by atoms with Gasteiger partial charge >= 0.3 is 0 Å². The third kappa shape index (κ3) is 3.28. The monoisotopic (exact) mass is 389 g/mol. The van der Waals surface area contributed by atoms with Gasteiger partial charge in [-0.3, -0.25) is 9.36 Å². The third-order valence-electron chi connectivity index (χ3n) is 5.90. The molecule has 0 unspecified atom stereocenters. The summed E-state index contributed by atoms with van der Waals surface area (Å²) in [6.07, 6.45) is 0. The highest BCUT2D eigenvalue weighted by Gasteiger charge is 2.30. The van der Waals surface area contributed by atoms with Crippen LogP contribution in [0.25, 0.3) is 16.6 Å². The molecule has 0 bridgehead atoms. The lowest BCUT2D eigenvalue weighted by atomic mass is 10.1. The Balaban J connectivity index is 1.75. The number of carbonyl (C=O) groups excluding carboxylic acids is 1. The molecule has 0 saturated carbocycles. The number of rotatable bonds is 3. The predicted octanol–water partition coefficient (Wildman–Crippen LogP) is 2.09. The lowest BCUT2D eigenvalue weighted by Crippen LogP contribution is -2.48. The van der Waals surface area contributed by atoms with Crippen molar-refractivity contribution >= 4 is 22.6 Å². The third-order valence-corrected chi connectivity index (χ3v) is 5.90. The van der Waals surface area contributed by atoms with Crippen molar-refractivity contribution in [2.24, 2.45) is 0 Å². The molecule has 0 radical (unpaired) electrons. The number of hydrogen-bond acceptors (Lipinski definition) is 4. The van der Waals surface area contributed by atoms with Crippen molar-refractivity contribution in [3.8, 4) is 5.69 Å². The molecule has 6 nitrogen and oxygen atoms in total. The van der Waals surface area contributed by atoms with E-state index in [2.05, 4.69) is 62.6 Å². The first-order chi connectivity index (χ1) is 14.3. The van der Waals surface area contributed by atoms with Gasteiger partial charge in [0.1, 0.15) is 5.82 Å². The molecule has 0 spiro atoms. The average Bonchev–Trinajstić information content (AvgIpc) is 3.15. The van der Waals surface area contributed by atoms with E-state index in [0.29, 0.717) is 0 Å². The second-order valence-corrected chi connectivity index (χ2v) is 7.67. The van der Waals surface area contributed by atoms with Crippen molar-refractivity contribution < 1.29 is 4.79 Å². The highest BCUT2D eigenvalue weighted by Crippen LogP contribution is 2.37. The molecule has 3 aromatic rings. The lowest BCUT2D eigenvalue weighted by Gasteiger charge is -2.33. The Morgan fingerprint density at radius 2 is 1.38 bits per heavy atom. The Kier molecular flexibility index (Phi) is 4.96. The molecule has 29 heavy (non-hydrogen) atoms. The Labute approximate surface area is 171 Å². The minimum absolute atomic E-state index is 0.144. The zero-order valence-corrected chi connectivity index (χ0v) is 16.6. The van der Waals surface area contributed by atoms with Crippen LogP contribution in [-0.4, -0.2) is 67.7 Å². The van der Waals surface area contributed by atoms with E-state index in [9.17, 15) is 4.79 Å². The smallest absolute Gasteiger partial charge is 0.258 e. The normalized spacial score (nSPS) is 17.7. The van der Waals surface area contributed by atoms with Crippen molar-refractivity contribution in [2.75, 3.05) is 57.3 Å². The van der Waals surface area contributed by atoms with Crippen LogP contribution in [0.4, 0.5) is 5.82 Å². The van der Waals surface area contributed by atoms with Crippen LogP contribution in [0.3, 0.4) is 0 Å². The minimum atomic E-state index is 0.144. The molecule has 3 heterocycles. The first kappa shape index (κ1) is 18.2. The molecule has 6 heteroatoms. The summed E-state index contributed by atoms with van der Waals surface area (Å²) in [5.41, 5.74) is 3.02.